The lowest BCUT2D eigenvalue weighted by atomic mass is 9.86. The van der Waals surface area contributed by atoms with Crippen LogP contribution in [0.25, 0.3) is 11.1 Å². The third-order valence-corrected chi connectivity index (χ3v) is 6.82. The number of hydrogen-bond acceptors (Lipinski definition) is 1. The summed E-state index contributed by atoms with van der Waals surface area (Å²) in [4.78, 5) is 5.27. The van der Waals surface area contributed by atoms with Gasteiger partial charge in [-0.25, -0.2) is 0 Å². The zero-order chi connectivity index (χ0) is 30.2. The molecule has 1 atom stereocenters. The third-order valence-electron chi connectivity index (χ3n) is 6.82. The van der Waals surface area contributed by atoms with E-state index >= 15 is 0 Å². The lowest BCUT2D eigenvalue weighted by Gasteiger charge is -2.18. The molecule has 0 N–H and O–H groups in total. The van der Waals surface area contributed by atoms with Crippen LogP contribution in [0.5, 0.6) is 0 Å². The quantitative estimate of drug-likeness (QED) is 0.108. The maximum absolute atomic E-state index is 5.27. The molecule has 42 heavy (non-hydrogen) atoms. The highest BCUT2D eigenvalue weighted by molar-refractivity contribution is 6.19. The van der Waals surface area contributed by atoms with Gasteiger partial charge in [0.05, 0.1) is 5.71 Å². The summed E-state index contributed by atoms with van der Waals surface area (Å²) >= 11 is 0. The highest BCUT2D eigenvalue weighted by atomic mass is 14.8. The summed E-state index contributed by atoms with van der Waals surface area (Å²) < 4.78 is 0. The van der Waals surface area contributed by atoms with Gasteiger partial charge in [0, 0.05) is 17.2 Å². The first-order valence-corrected chi connectivity index (χ1v) is 14.6. The van der Waals surface area contributed by atoms with E-state index in [-0.39, 0.29) is 11.8 Å². The maximum Gasteiger partial charge on any atom is 0.0711 e. The Morgan fingerprint density at radius 1 is 0.738 bits per heavy atom. The van der Waals surface area contributed by atoms with E-state index in [0.29, 0.717) is 0 Å². The molecule has 212 valence electrons. The van der Waals surface area contributed by atoms with Crippen LogP contribution in [0.15, 0.2) is 182 Å². The van der Waals surface area contributed by atoms with Crippen LogP contribution in [0.1, 0.15) is 43.9 Å². The van der Waals surface area contributed by atoms with Gasteiger partial charge in [-0.1, -0.05) is 161 Å². The van der Waals surface area contributed by atoms with E-state index in [1.165, 1.54) is 0 Å². The Hall–Kier alpha value is -4.75. The SMILES string of the molecule is C=C\C=C/C=C(/N=C(/C=C(\C(=C/C(=C)C(/C=C\C)CC=C)c1ccccc1)c1ccccc1)c1ccccc1)C(C)C. The van der Waals surface area contributed by atoms with Gasteiger partial charge < -0.3 is 0 Å². The first-order valence-electron chi connectivity index (χ1n) is 14.6. The molecule has 1 unspecified atom stereocenters. The molecule has 0 amide bonds. The van der Waals surface area contributed by atoms with E-state index in [1.54, 1.807) is 6.08 Å². The zero-order valence-corrected chi connectivity index (χ0v) is 25.3. The van der Waals surface area contributed by atoms with Gasteiger partial charge in [0.25, 0.3) is 0 Å². The van der Waals surface area contributed by atoms with E-state index in [0.717, 1.165) is 51.2 Å². The lowest BCUT2D eigenvalue weighted by Crippen LogP contribution is -2.04. The molecule has 1 nitrogen and oxygen atoms in total. The van der Waals surface area contributed by atoms with Gasteiger partial charge in [0.2, 0.25) is 0 Å². The van der Waals surface area contributed by atoms with Crippen molar-refractivity contribution in [1.82, 2.24) is 0 Å². The number of aliphatic imine (C=N–C) groups is 1. The first-order chi connectivity index (χ1) is 20.5. The molecule has 0 heterocycles. The van der Waals surface area contributed by atoms with Crippen molar-refractivity contribution in [2.24, 2.45) is 16.8 Å². The molecule has 0 aliphatic carbocycles. The van der Waals surface area contributed by atoms with Crippen LogP contribution >= 0.6 is 0 Å². The second-order valence-electron chi connectivity index (χ2n) is 10.3. The van der Waals surface area contributed by atoms with Crippen LogP contribution in [0.2, 0.25) is 0 Å². The van der Waals surface area contributed by atoms with Gasteiger partial charge in [0.15, 0.2) is 0 Å². The minimum atomic E-state index is 0.164. The molecule has 0 radical (unpaired) electrons. The van der Waals surface area contributed by atoms with Crippen LogP contribution in [-0.4, -0.2) is 5.71 Å². The molecule has 3 rings (SSSR count). The molecule has 0 aromatic heterocycles. The average Bonchev–Trinajstić information content (AvgIpc) is 3.02. The van der Waals surface area contributed by atoms with Crippen molar-refractivity contribution in [3.63, 3.8) is 0 Å². The highest BCUT2D eigenvalue weighted by Crippen LogP contribution is 2.35. The van der Waals surface area contributed by atoms with E-state index < -0.39 is 0 Å². The molecule has 0 spiro atoms. The largest absolute Gasteiger partial charge is 0.253 e. The van der Waals surface area contributed by atoms with Crippen molar-refractivity contribution in [2.75, 3.05) is 0 Å². The number of allylic oxidation sites excluding steroid dienone is 13. The number of benzene rings is 3. The van der Waals surface area contributed by atoms with E-state index in [1.807, 2.05) is 31.2 Å². The second kappa shape index (κ2) is 17.1. The fourth-order valence-electron chi connectivity index (χ4n) is 4.58. The summed E-state index contributed by atoms with van der Waals surface area (Å²) in [5.74, 6) is 0.397. The number of hydrogen-bond donors (Lipinski definition) is 0. The normalized spacial score (nSPS) is 14.0. The summed E-state index contributed by atoms with van der Waals surface area (Å²) in [5.41, 5.74) is 8.36. The van der Waals surface area contributed by atoms with Crippen molar-refractivity contribution >= 4 is 16.9 Å². The summed E-state index contributed by atoms with van der Waals surface area (Å²) in [5, 5.41) is 0. The smallest absolute Gasteiger partial charge is 0.0711 e. The monoisotopic (exact) mass is 549 g/mol. The van der Waals surface area contributed by atoms with Crippen LogP contribution in [-0.2, 0) is 0 Å². The van der Waals surface area contributed by atoms with Crippen molar-refractivity contribution < 1.29 is 0 Å². The summed E-state index contributed by atoms with van der Waals surface area (Å²) in [6.45, 7) is 18.7. The van der Waals surface area contributed by atoms with E-state index in [9.17, 15) is 0 Å². The second-order valence-corrected chi connectivity index (χ2v) is 10.3. The van der Waals surface area contributed by atoms with Gasteiger partial charge in [-0.05, 0) is 59.3 Å². The minimum Gasteiger partial charge on any atom is -0.253 e. The Kier molecular flexibility index (Phi) is 13.0. The zero-order valence-electron chi connectivity index (χ0n) is 25.3. The molecule has 3 aromatic rings. The molecule has 0 aliphatic heterocycles. The Labute approximate surface area is 253 Å². The van der Waals surface area contributed by atoms with Crippen molar-refractivity contribution in [1.29, 1.82) is 0 Å². The van der Waals surface area contributed by atoms with Gasteiger partial charge in [-0.3, -0.25) is 4.99 Å². The predicted molar refractivity (Wildman–Crippen MR) is 186 cm³/mol. The van der Waals surface area contributed by atoms with Crippen LogP contribution in [0.3, 0.4) is 0 Å². The van der Waals surface area contributed by atoms with Gasteiger partial charge in [-0.2, -0.15) is 0 Å². The Morgan fingerprint density at radius 3 is 1.74 bits per heavy atom. The molecule has 0 saturated carbocycles. The summed E-state index contributed by atoms with van der Waals surface area (Å²) in [7, 11) is 0. The third kappa shape index (κ3) is 9.42. The Morgan fingerprint density at radius 2 is 1.26 bits per heavy atom. The Bertz CT molecular complexity index is 1490. The molecule has 0 saturated heterocycles. The lowest BCUT2D eigenvalue weighted by molar-refractivity contribution is 0.758. The predicted octanol–water partition coefficient (Wildman–Crippen LogP) is 11.2. The highest BCUT2D eigenvalue weighted by Gasteiger charge is 2.16. The van der Waals surface area contributed by atoms with E-state index in [4.69, 9.17) is 4.99 Å². The van der Waals surface area contributed by atoms with Crippen molar-refractivity contribution in [3.8, 4) is 0 Å². The van der Waals surface area contributed by atoms with Crippen LogP contribution in [0.4, 0.5) is 0 Å². The summed E-state index contributed by atoms with van der Waals surface area (Å²) in [6, 6.07) is 31.5. The van der Waals surface area contributed by atoms with Crippen LogP contribution < -0.4 is 0 Å². The molecule has 3 aromatic carbocycles. The van der Waals surface area contributed by atoms with Crippen molar-refractivity contribution in [2.45, 2.75) is 27.2 Å². The fourth-order valence-corrected chi connectivity index (χ4v) is 4.58. The van der Waals surface area contributed by atoms with Crippen molar-refractivity contribution in [3.05, 3.63) is 193 Å². The van der Waals surface area contributed by atoms with Gasteiger partial charge in [0.1, 0.15) is 0 Å². The van der Waals surface area contributed by atoms with E-state index in [2.05, 4.69) is 149 Å². The molecular formula is C41H43N. The number of nitrogens with zero attached hydrogens (tertiary/aromatic N) is 1. The standard InChI is InChI=1S/C41H43N/c1-7-10-14-29-40(32(4)5)42-41(37-27-19-13-20-28-37)31-39(36-25-17-12-18-26-36)38(35-23-15-11-16-24-35)30-33(6)34(21-8-2)22-9-3/h7-20,22-32,34H,1-2,6,21H2,3-5H3/b14-10-,22-9-,38-30-,39-31-,40-29+,42-41-. The average molecular weight is 550 g/mol. The maximum atomic E-state index is 5.27. The molecule has 0 fully saturated rings. The molecule has 0 bridgehead atoms. The van der Waals surface area contributed by atoms with Gasteiger partial charge >= 0.3 is 0 Å². The Balaban J connectivity index is 2.38. The minimum absolute atomic E-state index is 0.164. The molecular weight excluding hydrogens is 506 g/mol. The fraction of sp³-hybridized carbons (Fsp3) is 0.146. The van der Waals surface area contributed by atoms with Crippen LogP contribution in [0, 0.1) is 11.8 Å². The molecule has 1 heteroatoms. The van der Waals surface area contributed by atoms with Gasteiger partial charge in [-0.15, -0.1) is 6.58 Å². The number of rotatable bonds is 14. The topological polar surface area (TPSA) is 12.4 Å². The summed E-state index contributed by atoms with van der Waals surface area (Å²) in [6.07, 6.45) is 19.3. The molecule has 0 aliphatic rings. The first kappa shape index (κ1) is 31.8.